The third-order valence-corrected chi connectivity index (χ3v) is 4.35. The van der Waals surface area contributed by atoms with Gasteiger partial charge in [-0.1, -0.05) is 11.6 Å². The quantitative estimate of drug-likeness (QED) is 0.743. The first-order chi connectivity index (χ1) is 12.5. The van der Waals surface area contributed by atoms with Crippen molar-refractivity contribution >= 4 is 34.7 Å². The highest BCUT2D eigenvalue weighted by Gasteiger charge is 2.25. The summed E-state index contributed by atoms with van der Waals surface area (Å²) in [5, 5.41) is 3.93. The smallest absolute Gasteiger partial charge is 0.266 e. The molecule has 7 heteroatoms. The van der Waals surface area contributed by atoms with Crippen molar-refractivity contribution in [3.63, 3.8) is 0 Å². The molecular weight excluding hydrogens is 355 g/mol. The van der Waals surface area contributed by atoms with Gasteiger partial charge in [-0.05, 0) is 55.5 Å². The van der Waals surface area contributed by atoms with Crippen LogP contribution in [0.5, 0.6) is 0 Å². The van der Waals surface area contributed by atoms with Gasteiger partial charge in [0.2, 0.25) is 0 Å². The normalized spacial score (nSPS) is 13.3. The predicted molar refractivity (Wildman–Crippen MR) is 99.6 cm³/mol. The van der Waals surface area contributed by atoms with Crippen LogP contribution in [0.2, 0.25) is 5.02 Å². The van der Waals surface area contributed by atoms with E-state index in [1.807, 2.05) is 12.1 Å². The summed E-state index contributed by atoms with van der Waals surface area (Å²) in [5.41, 5.74) is 2.71. The first-order valence-electron chi connectivity index (χ1n) is 7.99. The largest absolute Gasteiger partial charge is 0.340 e. The summed E-state index contributed by atoms with van der Waals surface area (Å²) in [6.45, 7) is 1.84. The topological polar surface area (TPSA) is 59.3 Å². The summed E-state index contributed by atoms with van der Waals surface area (Å²) in [7, 11) is 0. The zero-order valence-electron chi connectivity index (χ0n) is 13.8. The second-order valence-corrected chi connectivity index (χ2v) is 6.38. The number of benzene rings is 2. The average Bonchev–Trinajstić information content (AvgIpc) is 2.96. The maximum Gasteiger partial charge on any atom is 0.266 e. The zero-order valence-corrected chi connectivity index (χ0v) is 14.6. The van der Waals surface area contributed by atoms with Crippen molar-refractivity contribution in [3.8, 4) is 11.3 Å². The van der Waals surface area contributed by atoms with E-state index in [-0.39, 0.29) is 18.3 Å². The molecule has 0 fully saturated rings. The van der Waals surface area contributed by atoms with Crippen molar-refractivity contribution in [3.05, 3.63) is 65.2 Å². The number of carbonyl (C=O) groups is 1. The Balaban J connectivity index is 1.86. The zero-order chi connectivity index (χ0) is 18.3. The maximum atomic E-state index is 13.3. The van der Waals surface area contributed by atoms with Crippen molar-refractivity contribution in [2.45, 2.75) is 13.5 Å². The van der Waals surface area contributed by atoms with Crippen LogP contribution in [0.4, 0.5) is 15.9 Å². The molecule has 1 amide bonds. The van der Waals surface area contributed by atoms with Gasteiger partial charge in [-0.2, -0.15) is 0 Å². The molecule has 1 N–H and O–H groups in total. The summed E-state index contributed by atoms with van der Waals surface area (Å²) in [4.78, 5) is 20.6. The van der Waals surface area contributed by atoms with Gasteiger partial charge in [-0.25, -0.2) is 14.4 Å². The second-order valence-electron chi connectivity index (χ2n) is 5.95. The van der Waals surface area contributed by atoms with Gasteiger partial charge in [0.25, 0.3) is 5.91 Å². The highest BCUT2D eigenvalue weighted by Crippen LogP contribution is 2.33. The summed E-state index contributed by atoms with van der Waals surface area (Å²) >= 11 is 5.95. The lowest BCUT2D eigenvalue weighted by Gasteiger charge is -2.15. The fourth-order valence-corrected chi connectivity index (χ4v) is 3.02. The molecule has 2 heterocycles. The Bertz CT molecular complexity index is 1020. The van der Waals surface area contributed by atoms with Crippen LogP contribution in [0.1, 0.15) is 12.7 Å². The van der Waals surface area contributed by atoms with Crippen LogP contribution in [-0.2, 0) is 11.3 Å². The van der Waals surface area contributed by atoms with Crippen LogP contribution in [0.15, 0.2) is 53.5 Å². The molecule has 0 atom stereocenters. The predicted octanol–water partition coefficient (Wildman–Crippen LogP) is 4.44. The van der Waals surface area contributed by atoms with Gasteiger partial charge < -0.3 is 5.32 Å². The minimum atomic E-state index is -0.321. The van der Waals surface area contributed by atoms with Crippen molar-refractivity contribution in [1.29, 1.82) is 0 Å². The van der Waals surface area contributed by atoms with Gasteiger partial charge in [0, 0.05) is 16.3 Å². The van der Waals surface area contributed by atoms with Gasteiger partial charge in [0.1, 0.15) is 23.9 Å². The second kappa shape index (κ2) is 6.38. The molecule has 0 spiro atoms. The molecule has 0 saturated heterocycles. The molecule has 0 saturated carbocycles. The molecular formula is C19H14ClFN4O. The summed E-state index contributed by atoms with van der Waals surface area (Å²) in [5.74, 6) is 0.701. The third kappa shape index (κ3) is 2.99. The van der Waals surface area contributed by atoms with Crippen LogP contribution in [0, 0.1) is 5.82 Å². The van der Waals surface area contributed by atoms with E-state index in [1.165, 1.54) is 12.1 Å². The standard InChI is InChI=1S/C19H14ClFN4O/c1-11-18-24-17(12-2-6-14(21)7-3-12)19(25(18)10-16(26)22-11)23-15-8-4-13(20)5-9-15/h2-9,23H,10H2,1H3. The van der Waals surface area contributed by atoms with Crippen molar-refractivity contribution in [1.82, 2.24) is 9.55 Å². The van der Waals surface area contributed by atoms with E-state index in [0.717, 1.165) is 11.3 Å². The SMILES string of the molecule is CC1=NC(=O)Cn2c1nc(-c1ccc(F)cc1)c2Nc1ccc(Cl)cc1. The number of hydrogen-bond donors (Lipinski definition) is 1. The number of anilines is 2. The molecule has 4 rings (SSSR count). The number of halogens is 2. The first kappa shape index (κ1) is 16.5. The minimum absolute atomic E-state index is 0.0940. The van der Waals surface area contributed by atoms with E-state index >= 15 is 0 Å². The molecule has 0 aliphatic carbocycles. The molecule has 2 aromatic carbocycles. The Morgan fingerprint density at radius 1 is 1.12 bits per heavy atom. The van der Waals surface area contributed by atoms with Crippen molar-refractivity contribution in [2.75, 3.05) is 5.32 Å². The number of rotatable bonds is 3. The van der Waals surface area contributed by atoms with E-state index in [4.69, 9.17) is 11.6 Å². The number of hydrogen-bond acceptors (Lipinski definition) is 3. The van der Waals surface area contributed by atoms with E-state index in [1.54, 1.807) is 35.8 Å². The van der Waals surface area contributed by atoms with Gasteiger partial charge in [0.15, 0.2) is 5.82 Å². The highest BCUT2D eigenvalue weighted by molar-refractivity contribution is 6.30. The van der Waals surface area contributed by atoms with Crippen LogP contribution in [0.25, 0.3) is 11.3 Å². The Morgan fingerprint density at radius 3 is 2.50 bits per heavy atom. The van der Waals surface area contributed by atoms with Crippen molar-refractivity contribution in [2.24, 2.45) is 4.99 Å². The van der Waals surface area contributed by atoms with Gasteiger partial charge in [-0.3, -0.25) is 9.36 Å². The average molecular weight is 369 g/mol. The molecule has 0 bridgehead atoms. The number of aromatic nitrogens is 2. The third-order valence-electron chi connectivity index (χ3n) is 4.10. The number of imidazole rings is 1. The molecule has 1 aliphatic rings. The lowest BCUT2D eigenvalue weighted by molar-refractivity contribution is -0.118. The molecule has 1 aliphatic heterocycles. The Labute approximate surface area is 154 Å². The fraction of sp³-hybridized carbons (Fsp3) is 0.105. The molecule has 5 nitrogen and oxygen atoms in total. The van der Waals surface area contributed by atoms with E-state index < -0.39 is 0 Å². The van der Waals surface area contributed by atoms with Crippen LogP contribution >= 0.6 is 11.6 Å². The monoisotopic (exact) mass is 368 g/mol. The number of aliphatic imine (C=N–C) groups is 1. The van der Waals surface area contributed by atoms with E-state index in [9.17, 15) is 9.18 Å². The lowest BCUT2D eigenvalue weighted by atomic mass is 10.1. The Morgan fingerprint density at radius 2 is 1.81 bits per heavy atom. The minimum Gasteiger partial charge on any atom is -0.340 e. The van der Waals surface area contributed by atoms with Crippen molar-refractivity contribution < 1.29 is 9.18 Å². The summed E-state index contributed by atoms with van der Waals surface area (Å²) in [6.07, 6.45) is 0. The maximum absolute atomic E-state index is 13.3. The first-order valence-corrected chi connectivity index (χ1v) is 8.36. The molecule has 0 unspecified atom stereocenters. The van der Waals surface area contributed by atoms with Gasteiger partial charge in [0.05, 0.1) is 5.71 Å². The molecule has 1 aromatic heterocycles. The number of nitrogens with one attached hydrogen (secondary N) is 1. The fourth-order valence-electron chi connectivity index (χ4n) is 2.90. The number of carbonyl (C=O) groups excluding carboxylic acids is 1. The van der Waals surface area contributed by atoms with Crippen LogP contribution < -0.4 is 5.32 Å². The van der Waals surface area contributed by atoms with Crippen LogP contribution in [-0.4, -0.2) is 21.2 Å². The molecule has 0 radical (unpaired) electrons. The number of fused-ring (bicyclic) bond motifs is 1. The van der Waals surface area contributed by atoms with E-state index in [0.29, 0.717) is 28.1 Å². The summed E-state index contributed by atoms with van der Waals surface area (Å²) < 4.78 is 15.1. The summed E-state index contributed by atoms with van der Waals surface area (Å²) in [6, 6.07) is 13.3. The molecule has 130 valence electrons. The molecule has 26 heavy (non-hydrogen) atoms. The Hall–Kier alpha value is -2.99. The lowest BCUT2D eigenvalue weighted by Crippen LogP contribution is -2.22. The number of amides is 1. The van der Waals surface area contributed by atoms with Gasteiger partial charge >= 0.3 is 0 Å². The Kier molecular flexibility index (Phi) is 4.05. The van der Waals surface area contributed by atoms with Crippen LogP contribution in [0.3, 0.4) is 0 Å². The number of nitrogens with zero attached hydrogens (tertiary/aromatic N) is 3. The van der Waals surface area contributed by atoms with Gasteiger partial charge in [-0.15, -0.1) is 0 Å². The van der Waals surface area contributed by atoms with E-state index in [2.05, 4.69) is 15.3 Å². The highest BCUT2D eigenvalue weighted by atomic mass is 35.5. The molecule has 3 aromatic rings.